The average molecular weight is 260 g/mol. The smallest absolute Gasteiger partial charge is 0.0964 e. The van der Waals surface area contributed by atoms with Crippen molar-refractivity contribution in [2.24, 2.45) is 5.73 Å². The number of fused-ring (bicyclic) bond motifs is 1. The highest BCUT2D eigenvalue weighted by Crippen LogP contribution is 2.52. The van der Waals surface area contributed by atoms with E-state index in [2.05, 4.69) is 39.0 Å². The molecule has 0 spiro atoms. The molecule has 1 saturated carbocycles. The quantitative estimate of drug-likeness (QED) is 0.911. The molecule has 0 amide bonds. The standard InChI is InChI=1S/C15H20N2S/c1-9(2)14-17-13-11(5-4-6-12(13)18-14)15(7-8-15)10(3)16/h4-6,9-10H,7-8,16H2,1-3H3. The Morgan fingerprint density at radius 2 is 2.00 bits per heavy atom. The van der Waals surface area contributed by atoms with E-state index < -0.39 is 0 Å². The van der Waals surface area contributed by atoms with E-state index in [-0.39, 0.29) is 11.5 Å². The summed E-state index contributed by atoms with van der Waals surface area (Å²) in [7, 11) is 0. The highest BCUT2D eigenvalue weighted by Gasteiger charge is 2.48. The Labute approximate surface area is 112 Å². The predicted octanol–water partition coefficient (Wildman–Crippen LogP) is 3.80. The second-order valence-electron chi connectivity index (χ2n) is 5.80. The lowest BCUT2D eigenvalue weighted by Gasteiger charge is -2.20. The SMILES string of the molecule is CC(C)c1nc2c(C3(C(C)N)CC3)cccc2s1. The van der Waals surface area contributed by atoms with Gasteiger partial charge in [0.15, 0.2) is 0 Å². The highest BCUT2D eigenvalue weighted by molar-refractivity contribution is 7.18. The lowest BCUT2D eigenvalue weighted by atomic mass is 9.89. The minimum atomic E-state index is 0.196. The lowest BCUT2D eigenvalue weighted by molar-refractivity contribution is 0.559. The molecule has 1 unspecified atom stereocenters. The first kappa shape index (κ1) is 12.1. The van der Waals surface area contributed by atoms with Gasteiger partial charge in [0.25, 0.3) is 0 Å². The van der Waals surface area contributed by atoms with Gasteiger partial charge < -0.3 is 5.73 Å². The van der Waals surface area contributed by atoms with Gasteiger partial charge in [-0.25, -0.2) is 4.98 Å². The van der Waals surface area contributed by atoms with Crippen molar-refractivity contribution < 1.29 is 0 Å². The van der Waals surface area contributed by atoms with Crippen LogP contribution in [0.4, 0.5) is 0 Å². The van der Waals surface area contributed by atoms with Gasteiger partial charge in [0, 0.05) is 17.4 Å². The van der Waals surface area contributed by atoms with Gasteiger partial charge in [0.05, 0.1) is 15.2 Å². The van der Waals surface area contributed by atoms with E-state index >= 15 is 0 Å². The number of nitrogens with zero attached hydrogens (tertiary/aromatic N) is 1. The van der Waals surface area contributed by atoms with Gasteiger partial charge >= 0.3 is 0 Å². The van der Waals surface area contributed by atoms with Crippen LogP contribution in [0.3, 0.4) is 0 Å². The van der Waals surface area contributed by atoms with Crippen molar-refractivity contribution in [3.63, 3.8) is 0 Å². The molecule has 1 aromatic heterocycles. The molecule has 3 heteroatoms. The van der Waals surface area contributed by atoms with Crippen molar-refractivity contribution in [3.05, 3.63) is 28.8 Å². The molecule has 1 aliphatic carbocycles. The fourth-order valence-corrected chi connectivity index (χ4v) is 3.72. The van der Waals surface area contributed by atoms with Crippen LogP contribution < -0.4 is 5.73 Å². The summed E-state index contributed by atoms with van der Waals surface area (Å²) in [6.45, 7) is 6.53. The van der Waals surface area contributed by atoms with E-state index in [1.54, 1.807) is 0 Å². The molecule has 0 aliphatic heterocycles. The van der Waals surface area contributed by atoms with Crippen molar-refractivity contribution in [3.8, 4) is 0 Å². The van der Waals surface area contributed by atoms with Gasteiger partial charge in [-0.2, -0.15) is 0 Å². The number of benzene rings is 1. The van der Waals surface area contributed by atoms with E-state index in [0.717, 1.165) is 0 Å². The summed E-state index contributed by atoms with van der Waals surface area (Å²) in [6.07, 6.45) is 2.41. The topological polar surface area (TPSA) is 38.9 Å². The van der Waals surface area contributed by atoms with Crippen molar-refractivity contribution in [1.82, 2.24) is 4.98 Å². The van der Waals surface area contributed by atoms with Gasteiger partial charge in [-0.3, -0.25) is 0 Å². The molecule has 2 N–H and O–H groups in total. The van der Waals surface area contributed by atoms with E-state index in [1.807, 2.05) is 11.3 Å². The number of para-hydroxylation sites is 1. The summed E-state index contributed by atoms with van der Waals surface area (Å²) in [5.41, 5.74) is 8.96. The van der Waals surface area contributed by atoms with Crippen LogP contribution in [0.15, 0.2) is 18.2 Å². The van der Waals surface area contributed by atoms with Crippen molar-refractivity contribution in [2.75, 3.05) is 0 Å². The number of thiazole rings is 1. The number of aromatic nitrogens is 1. The molecule has 0 saturated heterocycles. The maximum atomic E-state index is 6.20. The van der Waals surface area contributed by atoms with Crippen LogP contribution in [0.1, 0.15) is 50.1 Å². The summed E-state index contributed by atoms with van der Waals surface area (Å²) in [5, 5.41) is 1.23. The van der Waals surface area contributed by atoms with Crippen LogP contribution in [-0.4, -0.2) is 11.0 Å². The molecule has 0 radical (unpaired) electrons. The van der Waals surface area contributed by atoms with Crippen molar-refractivity contribution in [1.29, 1.82) is 0 Å². The van der Waals surface area contributed by atoms with Crippen LogP contribution in [0, 0.1) is 0 Å². The minimum absolute atomic E-state index is 0.196. The Kier molecular flexibility index (Phi) is 2.72. The Bertz CT molecular complexity index is 579. The molecule has 0 bridgehead atoms. The largest absolute Gasteiger partial charge is 0.327 e. The molecule has 3 rings (SSSR count). The van der Waals surface area contributed by atoms with Gasteiger partial charge in [0.2, 0.25) is 0 Å². The molecule has 1 aliphatic rings. The Balaban J connectivity index is 2.18. The Morgan fingerprint density at radius 3 is 2.56 bits per heavy atom. The first-order chi connectivity index (χ1) is 8.54. The number of rotatable bonds is 3. The van der Waals surface area contributed by atoms with Crippen molar-refractivity contribution in [2.45, 2.75) is 51.0 Å². The molecule has 1 atom stereocenters. The fourth-order valence-electron chi connectivity index (χ4n) is 2.72. The third-order valence-corrected chi connectivity index (χ3v) is 5.45. The molecule has 1 aromatic carbocycles. The van der Waals surface area contributed by atoms with Crippen molar-refractivity contribution >= 4 is 21.6 Å². The third kappa shape index (κ3) is 1.69. The summed E-state index contributed by atoms with van der Waals surface area (Å²) < 4.78 is 1.31. The normalized spacial score (nSPS) is 19.4. The summed E-state index contributed by atoms with van der Waals surface area (Å²) in [6, 6.07) is 6.78. The van der Waals surface area contributed by atoms with Crippen LogP contribution in [0.25, 0.3) is 10.2 Å². The second kappa shape index (κ2) is 4.04. The molecule has 18 heavy (non-hydrogen) atoms. The molecule has 1 heterocycles. The van der Waals surface area contributed by atoms with E-state index in [1.165, 1.54) is 33.6 Å². The zero-order valence-corrected chi connectivity index (χ0v) is 12.1. The zero-order chi connectivity index (χ0) is 12.9. The first-order valence-electron chi connectivity index (χ1n) is 6.70. The van der Waals surface area contributed by atoms with E-state index in [4.69, 9.17) is 10.7 Å². The van der Waals surface area contributed by atoms with Crippen LogP contribution in [-0.2, 0) is 5.41 Å². The summed E-state index contributed by atoms with van der Waals surface area (Å²) in [4.78, 5) is 4.86. The predicted molar refractivity (Wildman–Crippen MR) is 78.3 cm³/mol. The fraction of sp³-hybridized carbons (Fsp3) is 0.533. The Morgan fingerprint density at radius 1 is 1.28 bits per heavy atom. The molecule has 1 fully saturated rings. The average Bonchev–Trinajstić information content (AvgIpc) is 3.01. The molecular formula is C15H20N2S. The van der Waals surface area contributed by atoms with Crippen LogP contribution >= 0.6 is 11.3 Å². The number of hydrogen-bond donors (Lipinski definition) is 1. The monoisotopic (exact) mass is 260 g/mol. The van der Waals surface area contributed by atoms with E-state index in [0.29, 0.717) is 5.92 Å². The molecule has 96 valence electrons. The van der Waals surface area contributed by atoms with E-state index in [9.17, 15) is 0 Å². The minimum Gasteiger partial charge on any atom is -0.327 e. The van der Waals surface area contributed by atoms with Gasteiger partial charge in [-0.15, -0.1) is 11.3 Å². The summed E-state index contributed by atoms with van der Waals surface area (Å²) >= 11 is 1.82. The van der Waals surface area contributed by atoms with Crippen LogP contribution in [0.2, 0.25) is 0 Å². The lowest BCUT2D eigenvalue weighted by Crippen LogP contribution is -2.31. The van der Waals surface area contributed by atoms with Crippen LogP contribution in [0.5, 0.6) is 0 Å². The number of nitrogens with two attached hydrogens (primary N) is 1. The second-order valence-corrected chi connectivity index (χ2v) is 6.87. The third-order valence-electron chi connectivity index (χ3n) is 4.13. The zero-order valence-electron chi connectivity index (χ0n) is 11.2. The number of hydrogen-bond acceptors (Lipinski definition) is 3. The van der Waals surface area contributed by atoms with Gasteiger partial charge in [-0.05, 0) is 31.4 Å². The first-order valence-corrected chi connectivity index (χ1v) is 7.52. The maximum absolute atomic E-state index is 6.20. The highest BCUT2D eigenvalue weighted by atomic mass is 32.1. The molecule has 2 aromatic rings. The molecular weight excluding hydrogens is 240 g/mol. The maximum Gasteiger partial charge on any atom is 0.0964 e. The van der Waals surface area contributed by atoms with Gasteiger partial charge in [0.1, 0.15) is 0 Å². The Hall–Kier alpha value is -0.930. The molecule has 2 nitrogen and oxygen atoms in total. The van der Waals surface area contributed by atoms with Gasteiger partial charge in [-0.1, -0.05) is 26.0 Å². The summed E-state index contributed by atoms with van der Waals surface area (Å²) in [5.74, 6) is 0.501.